The van der Waals surface area contributed by atoms with Crippen molar-refractivity contribution in [2.24, 2.45) is 0 Å². The summed E-state index contributed by atoms with van der Waals surface area (Å²) in [6.45, 7) is 4.87. The highest BCUT2D eigenvalue weighted by atomic mass is 16.8. The lowest BCUT2D eigenvalue weighted by Crippen LogP contribution is -2.52. The smallest absolute Gasteiger partial charge is 0.407 e. The summed E-state index contributed by atoms with van der Waals surface area (Å²) in [5, 5.41) is 2.66. The number of hydrogen-bond acceptors (Lipinski definition) is 6. The zero-order chi connectivity index (χ0) is 14.9. The lowest BCUT2D eigenvalue weighted by Gasteiger charge is -2.32. The van der Waals surface area contributed by atoms with Crippen molar-refractivity contribution >= 4 is 12.1 Å². The van der Waals surface area contributed by atoms with Gasteiger partial charge in [-0.15, -0.1) is 0 Å². The highest BCUT2D eigenvalue weighted by molar-refractivity contribution is 5.68. The third-order valence-corrected chi connectivity index (χ3v) is 3.12. The Balaban J connectivity index is 2.17. The van der Waals surface area contributed by atoms with Gasteiger partial charge in [0.25, 0.3) is 0 Å². The normalized spacial score (nSPS) is 34.2. The molecule has 1 aliphatic carbocycles. The Bertz CT molecular complexity index is 433. The predicted molar refractivity (Wildman–Crippen MR) is 67.8 cm³/mol. The molecule has 0 aromatic rings. The molecule has 4 atom stereocenters. The molecule has 0 spiro atoms. The van der Waals surface area contributed by atoms with E-state index in [2.05, 4.69) is 10.1 Å². The second kappa shape index (κ2) is 5.41. The third-order valence-electron chi connectivity index (χ3n) is 3.12. The quantitative estimate of drug-likeness (QED) is 0.595. The van der Waals surface area contributed by atoms with Crippen LogP contribution in [0.3, 0.4) is 0 Å². The lowest BCUT2D eigenvalue weighted by atomic mass is 9.94. The molecule has 2 rings (SSSR count). The van der Waals surface area contributed by atoms with Crippen molar-refractivity contribution in [1.82, 2.24) is 5.32 Å². The SMILES string of the molecule is COC(=O)N[C@H]1C=C[C@H](OC(C)=O)[C@@H]2OC(C)(C)O[C@@H]21. The molecule has 0 radical (unpaired) electrons. The Morgan fingerprint density at radius 1 is 1.20 bits per heavy atom. The van der Waals surface area contributed by atoms with Gasteiger partial charge in [-0.3, -0.25) is 4.79 Å². The number of amides is 1. The van der Waals surface area contributed by atoms with Crippen LogP contribution in [0.15, 0.2) is 12.2 Å². The molecule has 7 heteroatoms. The maximum Gasteiger partial charge on any atom is 0.407 e. The Labute approximate surface area is 117 Å². The number of nitrogens with one attached hydrogen (secondary N) is 1. The summed E-state index contributed by atoms with van der Waals surface area (Å²) in [6, 6.07) is -0.402. The standard InChI is InChI=1S/C13H19NO6/c1-7(15)18-9-6-5-8(14-12(16)17-4)10-11(9)20-13(2,3)19-10/h5-6,8-11H,1-4H3,(H,14,16)/t8-,9-,10+,11-/m0/s1. The van der Waals surface area contributed by atoms with Gasteiger partial charge >= 0.3 is 12.1 Å². The van der Waals surface area contributed by atoms with Crippen molar-refractivity contribution in [2.75, 3.05) is 7.11 Å². The lowest BCUT2D eigenvalue weighted by molar-refractivity contribution is -0.164. The van der Waals surface area contributed by atoms with Gasteiger partial charge in [0.2, 0.25) is 0 Å². The summed E-state index contributed by atoms with van der Waals surface area (Å²) in [4.78, 5) is 22.5. The molecule has 0 aromatic heterocycles. The summed E-state index contributed by atoms with van der Waals surface area (Å²) >= 11 is 0. The minimum atomic E-state index is -0.810. The fourth-order valence-corrected chi connectivity index (χ4v) is 2.42. The van der Waals surface area contributed by atoms with Gasteiger partial charge in [-0.2, -0.15) is 0 Å². The van der Waals surface area contributed by atoms with E-state index in [9.17, 15) is 9.59 Å². The van der Waals surface area contributed by atoms with Gasteiger partial charge in [-0.25, -0.2) is 4.79 Å². The van der Waals surface area contributed by atoms with E-state index in [4.69, 9.17) is 14.2 Å². The zero-order valence-corrected chi connectivity index (χ0v) is 11.9. The second-order valence-corrected chi connectivity index (χ2v) is 5.19. The van der Waals surface area contributed by atoms with E-state index in [1.54, 1.807) is 26.0 Å². The molecule has 0 bridgehead atoms. The number of carbonyl (C=O) groups excluding carboxylic acids is 2. The molecular weight excluding hydrogens is 266 g/mol. The Morgan fingerprint density at radius 2 is 1.85 bits per heavy atom. The zero-order valence-electron chi connectivity index (χ0n) is 11.9. The van der Waals surface area contributed by atoms with Gasteiger partial charge in [-0.1, -0.05) is 6.08 Å². The number of ether oxygens (including phenoxy) is 4. The first-order valence-corrected chi connectivity index (χ1v) is 6.38. The molecular formula is C13H19NO6. The van der Waals surface area contributed by atoms with E-state index in [-0.39, 0.29) is 0 Å². The van der Waals surface area contributed by atoms with Gasteiger partial charge in [0.05, 0.1) is 13.2 Å². The van der Waals surface area contributed by atoms with Crippen molar-refractivity contribution in [1.29, 1.82) is 0 Å². The van der Waals surface area contributed by atoms with E-state index in [1.807, 2.05) is 0 Å². The van der Waals surface area contributed by atoms with E-state index in [1.165, 1.54) is 14.0 Å². The molecule has 0 aromatic carbocycles. The molecule has 2 aliphatic rings. The van der Waals surface area contributed by atoms with E-state index >= 15 is 0 Å². The van der Waals surface area contributed by atoms with E-state index in [0.717, 1.165) is 0 Å². The fourth-order valence-electron chi connectivity index (χ4n) is 2.42. The van der Waals surface area contributed by atoms with E-state index in [0.29, 0.717) is 0 Å². The molecule has 1 aliphatic heterocycles. The number of methoxy groups -OCH3 is 1. The van der Waals surface area contributed by atoms with Crippen molar-refractivity contribution in [3.05, 3.63) is 12.2 Å². The molecule has 1 fully saturated rings. The molecule has 1 heterocycles. The van der Waals surface area contributed by atoms with Crippen LogP contribution in [0.1, 0.15) is 20.8 Å². The highest BCUT2D eigenvalue weighted by Crippen LogP contribution is 2.35. The van der Waals surface area contributed by atoms with Crippen LogP contribution in [-0.4, -0.2) is 49.3 Å². The minimum Gasteiger partial charge on any atom is -0.455 e. The Morgan fingerprint density at radius 3 is 2.45 bits per heavy atom. The maximum atomic E-state index is 11.3. The summed E-state index contributed by atoms with van der Waals surface area (Å²) < 4.78 is 21.3. The largest absolute Gasteiger partial charge is 0.455 e. The van der Waals surface area contributed by atoms with Crippen molar-refractivity contribution in [3.8, 4) is 0 Å². The van der Waals surface area contributed by atoms with Crippen LogP contribution in [0.2, 0.25) is 0 Å². The predicted octanol–water partition coefficient (Wildman–Crippen LogP) is 0.733. The molecule has 20 heavy (non-hydrogen) atoms. The molecule has 1 N–H and O–H groups in total. The first-order chi connectivity index (χ1) is 9.32. The van der Waals surface area contributed by atoms with Crippen LogP contribution in [0.4, 0.5) is 4.79 Å². The minimum absolute atomic E-state index is 0.397. The molecule has 7 nitrogen and oxygen atoms in total. The molecule has 112 valence electrons. The number of hydrogen-bond donors (Lipinski definition) is 1. The van der Waals surface area contributed by atoms with Crippen molar-refractivity contribution in [3.63, 3.8) is 0 Å². The van der Waals surface area contributed by atoms with Crippen LogP contribution in [0.25, 0.3) is 0 Å². The topological polar surface area (TPSA) is 83.1 Å². The number of fused-ring (bicyclic) bond motifs is 1. The van der Waals surface area contributed by atoms with Crippen LogP contribution in [0.5, 0.6) is 0 Å². The maximum absolute atomic E-state index is 11.3. The summed E-state index contributed by atoms with van der Waals surface area (Å²) in [6.07, 6.45) is 1.40. The highest BCUT2D eigenvalue weighted by Gasteiger charge is 2.50. The third kappa shape index (κ3) is 3.10. The second-order valence-electron chi connectivity index (χ2n) is 5.19. The van der Waals surface area contributed by atoms with Crippen LogP contribution < -0.4 is 5.32 Å². The Hall–Kier alpha value is -1.60. The molecule has 1 amide bonds. The molecule has 1 saturated heterocycles. The van der Waals surface area contributed by atoms with Crippen LogP contribution in [0, 0.1) is 0 Å². The van der Waals surface area contributed by atoms with Gasteiger partial charge in [0, 0.05) is 6.92 Å². The number of carbonyl (C=O) groups is 2. The summed E-state index contributed by atoms with van der Waals surface area (Å²) in [5.41, 5.74) is 0. The van der Waals surface area contributed by atoms with Gasteiger partial charge < -0.3 is 24.3 Å². The van der Waals surface area contributed by atoms with Crippen molar-refractivity contribution in [2.45, 2.75) is 50.9 Å². The Kier molecular flexibility index (Phi) is 4.01. The van der Waals surface area contributed by atoms with Crippen molar-refractivity contribution < 1.29 is 28.5 Å². The number of esters is 1. The monoisotopic (exact) mass is 285 g/mol. The number of rotatable bonds is 2. The average molecular weight is 285 g/mol. The van der Waals surface area contributed by atoms with Gasteiger partial charge in [-0.05, 0) is 19.9 Å². The van der Waals surface area contributed by atoms with Crippen LogP contribution >= 0.6 is 0 Å². The molecule has 0 saturated carbocycles. The summed E-state index contributed by atoms with van der Waals surface area (Å²) in [7, 11) is 1.29. The van der Waals surface area contributed by atoms with Gasteiger partial charge in [0.15, 0.2) is 5.79 Å². The first-order valence-electron chi connectivity index (χ1n) is 6.38. The van der Waals surface area contributed by atoms with E-state index < -0.39 is 42.2 Å². The van der Waals surface area contributed by atoms with Gasteiger partial charge in [0.1, 0.15) is 18.3 Å². The molecule has 0 unspecified atom stereocenters. The summed E-state index contributed by atoms with van der Waals surface area (Å²) in [5.74, 6) is -1.21. The average Bonchev–Trinajstić information content (AvgIpc) is 2.67. The first kappa shape index (κ1) is 14.8. The number of alkyl carbamates (subject to hydrolysis) is 1. The fraction of sp³-hybridized carbons (Fsp3) is 0.692. The van der Waals surface area contributed by atoms with Crippen LogP contribution in [-0.2, 0) is 23.7 Å².